The van der Waals surface area contributed by atoms with Crippen LogP contribution in [0.2, 0.25) is 0 Å². The van der Waals surface area contributed by atoms with E-state index in [0.29, 0.717) is 0 Å². The van der Waals surface area contributed by atoms with Crippen molar-refractivity contribution < 1.29 is 18.0 Å². The minimum Gasteiger partial charge on any atom is -0.303 e. The van der Waals surface area contributed by atoms with Crippen LogP contribution in [-0.4, -0.2) is 12.5 Å². The summed E-state index contributed by atoms with van der Waals surface area (Å²) in [4.78, 5) is 9.43. The number of alkyl halides is 3. The van der Waals surface area contributed by atoms with Gasteiger partial charge in [0.2, 0.25) is 0 Å². The Morgan fingerprint density at radius 3 is 1.88 bits per heavy atom. The highest BCUT2D eigenvalue weighted by Crippen LogP contribution is 2.23. The molecule has 0 aliphatic heterocycles. The summed E-state index contributed by atoms with van der Waals surface area (Å²) >= 11 is 0. The number of hydrogen-bond acceptors (Lipinski definition) is 1. The molecular formula is C4H5F3O. The van der Waals surface area contributed by atoms with Crippen molar-refractivity contribution in [3.63, 3.8) is 0 Å². The van der Waals surface area contributed by atoms with E-state index < -0.39 is 12.1 Å². The van der Waals surface area contributed by atoms with E-state index in [4.69, 9.17) is 0 Å². The van der Waals surface area contributed by atoms with Crippen LogP contribution in [0.25, 0.3) is 0 Å². The second-order valence-electron chi connectivity index (χ2n) is 1.47. The number of halogens is 3. The van der Waals surface area contributed by atoms with E-state index in [0.717, 1.165) is 6.92 Å². The molecule has 48 valence electrons. The minimum atomic E-state index is -4.36. The molecule has 0 aliphatic rings. The highest BCUT2D eigenvalue weighted by molar-refractivity contribution is 5.53. The second kappa shape index (κ2) is 2.15. The van der Waals surface area contributed by atoms with Crippen molar-refractivity contribution in [1.29, 1.82) is 0 Å². The van der Waals surface area contributed by atoms with E-state index in [1.165, 1.54) is 0 Å². The third-order valence-corrected chi connectivity index (χ3v) is 0.720. The molecule has 0 saturated heterocycles. The first-order valence-electron chi connectivity index (χ1n) is 2.00. The Bertz CT molecular complexity index is 85.8. The number of rotatable bonds is 1. The van der Waals surface area contributed by atoms with Crippen LogP contribution in [0.3, 0.4) is 0 Å². The van der Waals surface area contributed by atoms with Gasteiger partial charge in [-0.3, -0.25) is 0 Å². The molecule has 0 amide bonds. The van der Waals surface area contributed by atoms with Gasteiger partial charge in [-0.05, 0) is 6.92 Å². The van der Waals surface area contributed by atoms with Gasteiger partial charge in [-0.2, -0.15) is 13.2 Å². The normalized spacial score (nSPS) is 15.5. The van der Waals surface area contributed by atoms with Crippen LogP contribution in [0.5, 0.6) is 0 Å². The minimum absolute atomic E-state index is 0.125. The molecule has 0 aromatic heterocycles. The predicted molar refractivity (Wildman–Crippen MR) is 21.3 cm³/mol. The Kier molecular flexibility index (Phi) is 2.01. The van der Waals surface area contributed by atoms with Crippen molar-refractivity contribution in [2.75, 3.05) is 0 Å². The third kappa shape index (κ3) is 1.95. The van der Waals surface area contributed by atoms with Gasteiger partial charge < -0.3 is 4.79 Å². The molecule has 0 aromatic rings. The molecule has 0 saturated carbocycles. The molecule has 0 aliphatic carbocycles. The van der Waals surface area contributed by atoms with Crippen molar-refractivity contribution in [2.45, 2.75) is 13.1 Å². The van der Waals surface area contributed by atoms with Gasteiger partial charge in [0, 0.05) is 0 Å². The van der Waals surface area contributed by atoms with Gasteiger partial charge in [-0.1, -0.05) is 0 Å². The fourth-order valence-electron chi connectivity index (χ4n) is 0.0772. The summed E-state index contributed by atoms with van der Waals surface area (Å²) < 4.78 is 33.7. The Labute approximate surface area is 44.5 Å². The molecule has 1 nitrogen and oxygen atoms in total. The molecule has 0 heterocycles. The average Bonchev–Trinajstić information content (AvgIpc) is 1.62. The second-order valence-corrected chi connectivity index (χ2v) is 1.47. The molecule has 1 atom stereocenters. The van der Waals surface area contributed by atoms with Gasteiger partial charge in [0.05, 0.1) is 0 Å². The van der Waals surface area contributed by atoms with E-state index >= 15 is 0 Å². The largest absolute Gasteiger partial charge is 0.398 e. The lowest BCUT2D eigenvalue weighted by Crippen LogP contribution is -2.20. The van der Waals surface area contributed by atoms with Gasteiger partial charge in [0.1, 0.15) is 12.2 Å². The summed E-state index contributed by atoms with van der Waals surface area (Å²) in [6.45, 7) is 0.812. The molecule has 0 fully saturated rings. The topological polar surface area (TPSA) is 17.1 Å². The van der Waals surface area contributed by atoms with Crippen molar-refractivity contribution in [2.24, 2.45) is 5.92 Å². The first-order valence-corrected chi connectivity index (χ1v) is 2.00. The van der Waals surface area contributed by atoms with Crippen molar-refractivity contribution in [3.8, 4) is 0 Å². The average molecular weight is 126 g/mol. The summed E-state index contributed by atoms with van der Waals surface area (Å²) in [5.74, 6) is -1.83. The van der Waals surface area contributed by atoms with E-state index in [1.54, 1.807) is 0 Å². The first-order chi connectivity index (χ1) is 3.48. The highest BCUT2D eigenvalue weighted by atomic mass is 19.4. The van der Waals surface area contributed by atoms with Crippen LogP contribution < -0.4 is 0 Å². The maximum absolute atomic E-state index is 11.2. The number of hydrogen-bond donors (Lipinski definition) is 0. The van der Waals surface area contributed by atoms with Crippen molar-refractivity contribution in [1.82, 2.24) is 0 Å². The van der Waals surface area contributed by atoms with E-state index in [-0.39, 0.29) is 6.29 Å². The van der Waals surface area contributed by atoms with E-state index in [9.17, 15) is 18.0 Å². The Hall–Kier alpha value is -0.540. The first kappa shape index (κ1) is 7.46. The van der Waals surface area contributed by atoms with Gasteiger partial charge in [-0.25, -0.2) is 0 Å². The molecule has 4 heteroatoms. The molecule has 0 aromatic carbocycles. The Balaban J connectivity index is 3.80. The Morgan fingerprint density at radius 2 is 1.88 bits per heavy atom. The molecule has 8 heavy (non-hydrogen) atoms. The summed E-state index contributed by atoms with van der Waals surface area (Å²) in [5.41, 5.74) is 0. The summed E-state index contributed by atoms with van der Waals surface area (Å²) in [6.07, 6.45) is -4.48. The van der Waals surface area contributed by atoms with Crippen molar-refractivity contribution >= 4 is 6.29 Å². The predicted octanol–water partition coefficient (Wildman–Crippen LogP) is 1.38. The zero-order valence-electron chi connectivity index (χ0n) is 4.20. The molecule has 0 spiro atoms. The quantitative estimate of drug-likeness (QED) is 0.485. The van der Waals surface area contributed by atoms with Crippen LogP contribution in [0.15, 0.2) is 0 Å². The SMILES string of the molecule is C[C@@H](C=O)C(F)(F)F. The smallest absolute Gasteiger partial charge is 0.303 e. The maximum Gasteiger partial charge on any atom is 0.398 e. The molecule has 0 unspecified atom stereocenters. The van der Waals surface area contributed by atoms with Gasteiger partial charge >= 0.3 is 6.18 Å². The number of carbonyl (C=O) groups is 1. The van der Waals surface area contributed by atoms with E-state index in [2.05, 4.69) is 0 Å². The number of carbonyl (C=O) groups excluding carboxylic acids is 1. The molecule has 0 rings (SSSR count). The lowest BCUT2D eigenvalue weighted by atomic mass is 10.2. The van der Waals surface area contributed by atoms with Gasteiger partial charge in [0.15, 0.2) is 0 Å². The lowest BCUT2D eigenvalue weighted by molar-refractivity contribution is -0.170. The zero-order valence-corrected chi connectivity index (χ0v) is 4.20. The van der Waals surface area contributed by atoms with Crippen LogP contribution in [-0.2, 0) is 4.79 Å². The molecule has 0 N–H and O–H groups in total. The lowest BCUT2D eigenvalue weighted by Gasteiger charge is -2.06. The monoisotopic (exact) mass is 126 g/mol. The standard InChI is InChI=1S/C4H5F3O/c1-3(2-8)4(5,6)7/h2-3H,1H3/t3-/m0/s1. The van der Waals surface area contributed by atoms with Gasteiger partial charge in [0.25, 0.3) is 0 Å². The van der Waals surface area contributed by atoms with Crippen LogP contribution >= 0.6 is 0 Å². The summed E-state index contributed by atoms with van der Waals surface area (Å²) in [5, 5.41) is 0. The number of aldehydes is 1. The van der Waals surface area contributed by atoms with E-state index in [1.807, 2.05) is 0 Å². The highest BCUT2D eigenvalue weighted by Gasteiger charge is 2.35. The molecule has 0 bridgehead atoms. The molecule has 0 radical (unpaired) electrons. The zero-order chi connectivity index (χ0) is 6.78. The fourth-order valence-corrected chi connectivity index (χ4v) is 0.0772. The van der Waals surface area contributed by atoms with Gasteiger partial charge in [-0.15, -0.1) is 0 Å². The Morgan fingerprint density at radius 1 is 1.50 bits per heavy atom. The van der Waals surface area contributed by atoms with Crippen LogP contribution in [0.4, 0.5) is 13.2 Å². The fraction of sp³-hybridized carbons (Fsp3) is 0.750. The summed E-state index contributed by atoms with van der Waals surface area (Å²) in [7, 11) is 0. The maximum atomic E-state index is 11.2. The molecular weight excluding hydrogens is 121 g/mol. The van der Waals surface area contributed by atoms with Crippen molar-refractivity contribution in [3.05, 3.63) is 0 Å². The van der Waals surface area contributed by atoms with Crippen LogP contribution in [0.1, 0.15) is 6.92 Å². The third-order valence-electron chi connectivity index (χ3n) is 0.720. The summed E-state index contributed by atoms with van der Waals surface area (Å²) in [6, 6.07) is 0. The van der Waals surface area contributed by atoms with Crippen LogP contribution in [0, 0.1) is 5.92 Å².